The predicted octanol–water partition coefficient (Wildman–Crippen LogP) is 6.47. The van der Waals surface area contributed by atoms with Crippen LogP contribution in [0.1, 0.15) is 80.6 Å². The summed E-state index contributed by atoms with van der Waals surface area (Å²) in [7, 11) is 0. The normalized spacial score (nSPS) is 44.2. The van der Waals surface area contributed by atoms with Crippen LogP contribution < -0.4 is 0 Å². The highest BCUT2D eigenvalue weighted by molar-refractivity contribution is 5.30. The molecule has 20 heavy (non-hydrogen) atoms. The van der Waals surface area contributed by atoms with E-state index in [2.05, 4.69) is 48.5 Å². The van der Waals surface area contributed by atoms with Crippen LogP contribution in [0.25, 0.3) is 0 Å². The van der Waals surface area contributed by atoms with Gasteiger partial charge in [0.05, 0.1) is 0 Å². The van der Waals surface area contributed by atoms with E-state index in [-0.39, 0.29) is 0 Å². The summed E-state index contributed by atoms with van der Waals surface area (Å²) in [4.78, 5) is 0. The molecule has 1 fully saturated rings. The van der Waals surface area contributed by atoms with Crippen molar-refractivity contribution in [3.63, 3.8) is 0 Å². The van der Waals surface area contributed by atoms with Gasteiger partial charge in [-0.2, -0.15) is 0 Å². The molecule has 6 atom stereocenters. The maximum Gasteiger partial charge on any atom is -0.0136 e. The SMILES string of the molecule is CCCCCCC1(C)C(C)C(C)C2C(C)=C(C)C(C)C21. The van der Waals surface area contributed by atoms with Crippen LogP contribution >= 0.6 is 0 Å². The minimum absolute atomic E-state index is 0.566. The summed E-state index contributed by atoms with van der Waals surface area (Å²) in [5.41, 5.74) is 4.01. The van der Waals surface area contributed by atoms with Crippen molar-refractivity contribution in [1.29, 1.82) is 0 Å². The molecule has 0 nitrogen and oxygen atoms in total. The summed E-state index contributed by atoms with van der Waals surface area (Å²) in [5, 5.41) is 0. The van der Waals surface area contributed by atoms with Gasteiger partial charge >= 0.3 is 0 Å². The lowest BCUT2D eigenvalue weighted by molar-refractivity contribution is 0.111. The summed E-state index contributed by atoms with van der Waals surface area (Å²) in [6.45, 7) is 17.3. The Morgan fingerprint density at radius 1 is 0.950 bits per heavy atom. The zero-order valence-electron chi connectivity index (χ0n) is 14.9. The second kappa shape index (κ2) is 5.85. The first-order valence-corrected chi connectivity index (χ1v) is 9.03. The molecule has 6 unspecified atom stereocenters. The summed E-state index contributed by atoms with van der Waals surface area (Å²) in [6.07, 6.45) is 7.09. The van der Waals surface area contributed by atoms with E-state index in [9.17, 15) is 0 Å². The molecule has 0 amide bonds. The molecule has 0 aromatic carbocycles. The second-order valence-electron chi connectivity index (χ2n) is 8.17. The van der Waals surface area contributed by atoms with Gasteiger partial charge in [0.15, 0.2) is 0 Å². The topological polar surface area (TPSA) is 0 Å². The molecule has 0 heteroatoms. The molecule has 2 rings (SSSR count). The average Bonchev–Trinajstić information content (AvgIpc) is 2.77. The molecule has 2 aliphatic rings. The maximum absolute atomic E-state index is 2.62. The molecular formula is C20H36. The van der Waals surface area contributed by atoms with Gasteiger partial charge in [-0.05, 0) is 55.3 Å². The van der Waals surface area contributed by atoms with Crippen LogP contribution in [0.3, 0.4) is 0 Å². The van der Waals surface area contributed by atoms with Crippen molar-refractivity contribution in [2.24, 2.45) is 35.0 Å². The Bertz CT molecular complexity index is 377. The molecule has 0 aromatic heterocycles. The molecule has 0 saturated heterocycles. The lowest BCUT2D eigenvalue weighted by Gasteiger charge is -2.39. The summed E-state index contributed by atoms with van der Waals surface area (Å²) in [6, 6.07) is 0. The van der Waals surface area contributed by atoms with E-state index in [1.165, 1.54) is 32.1 Å². The molecule has 0 aliphatic heterocycles. The van der Waals surface area contributed by atoms with Crippen LogP contribution in [0.2, 0.25) is 0 Å². The lowest BCUT2D eigenvalue weighted by Crippen LogP contribution is -2.32. The van der Waals surface area contributed by atoms with Crippen molar-refractivity contribution in [3.05, 3.63) is 11.1 Å². The first-order valence-electron chi connectivity index (χ1n) is 9.03. The van der Waals surface area contributed by atoms with Gasteiger partial charge in [-0.1, -0.05) is 71.4 Å². The van der Waals surface area contributed by atoms with Gasteiger partial charge in [0.25, 0.3) is 0 Å². The van der Waals surface area contributed by atoms with Crippen LogP contribution in [0.5, 0.6) is 0 Å². The average molecular weight is 277 g/mol. The highest BCUT2D eigenvalue weighted by Gasteiger charge is 2.58. The Morgan fingerprint density at radius 3 is 2.20 bits per heavy atom. The number of hydrogen-bond donors (Lipinski definition) is 0. The van der Waals surface area contributed by atoms with Crippen LogP contribution in [-0.4, -0.2) is 0 Å². The zero-order valence-corrected chi connectivity index (χ0v) is 14.9. The largest absolute Gasteiger partial charge is 0.0709 e. The first-order chi connectivity index (χ1) is 9.36. The van der Waals surface area contributed by atoms with Crippen molar-refractivity contribution in [2.45, 2.75) is 80.6 Å². The maximum atomic E-state index is 2.62. The number of rotatable bonds is 5. The van der Waals surface area contributed by atoms with Crippen molar-refractivity contribution in [2.75, 3.05) is 0 Å². The smallest absolute Gasteiger partial charge is 0.0136 e. The van der Waals surface area contributed by atoms with Gasteiger partial charge in [-0.3, -0.25) is 0 Å². The van der Waals surface area contributed by atoms with Crippen LogP contribution in [0, 0.1) is 35.0 Å². The van der Waals surface area contributed by atoms with E-state index in [1.807, 2.05) is 0 Å². The molecule has 0 heterocycles. The van der Waals surface area contributed by atoms with E-state index in [0.29, 0.717) is 5.41 Å². The zero-order chi connectivity index (χ0) is 15.1. The monoisotopic (exact) mass is 276 g/mol. The fourth-order valence-corrected chi connectivity index (χ4v) is 5.72. The highest BCUT2D eigenvalue weighted by atomic mass is 14.6. The lowest BCUT2D eigenvalue weighted by atomic mass is 9.66. The molecule has 0 N–H and O–H groups in total. The molecular weight excluding hydrogens is 240 g/mol. The molecule has 0 aromatic rings. The first kappa shape index (κ1) is 16.1. The number of unbranched alkanes of at least 4 members (excludes halogenated alkanes) is 3. The van der Waals surface area contributed by atoms with Crippen molar-refractivity contribution in [1.82, 2.24) is 0 Å². The van der Waals surface area contributed by atoms with Crippen molar-refractivity contribution in [3.8, 4) is 0 Å². The quantitative estimate of drug-likeness (QED) is 0.399. The second-order valence-corrected chi connectivity index (χ2v) is 8.17. The number of allylic oxidation sites excluding steroid dienone is 2. The summed E-state index contributed by atoms with van der Waals surface area (Å²) >= 11 is 0. The third-order valence-corrected chi connectivity index (χ3v) is 7.46. The van der Waals surface area contributed by atoms with E-state index < -0.39 is 0 Å². The van der Waals surface area contributed by atoms with Crippen LogP contribution in [0.15, 0.2) is 11.1 Å². The highest BCUT2D eigenvalue weighted by Crippen LogP contribution is 2.65. The number of fused-ring (bicyclic) bond motifs is 1. The predicted molar refractivity (Wildman–Crippen MR) is 89.7 cm³/mol. The molecule has 0 spiro atoms. The van der Waals surface area contributed by atoms with E-state index >= 15 is 0 Å². The van der Waals surface area contributed by atoms with Crippen LogP contribution in [-0.2, 0) is 0 Å². The molecule has 116 valence electrons. The Kier molecular flexibility index (Phi) is 4.72. The fraction of sp³-hybridized carbons (Fsp3) is 0.900. The molecule has 0 bridgehead atoms. The third-order valence-electron chi connectivity index (χ3n) is 7.46. The van der Waals surface area contributed by atoms with Crippen LogP contribution in [0.4, 0.5) is 0 Å². The third kappa shape index (κ3) is 2.28. The minimum Gasteiger partial charge on any atom is -0.0709 e. The van der Waals surface area contributed by atoms with Gasteiger partial charge in [0, 0.05) is 0 Å². The molecule has 2 aliphatic carbocycles. The van der Waals surface area contributed by atoms with E-state index in [4.69, 9.17) is 0 Å². The summed E-state index contributed by atoms with van der Waals surface area (Å²) in [5.74, 6) is 4.34. The van der Waals surface area contributed by atoms with Crippen molar-refractivity contribution >= 4 is 0 Å². The standard InChI is InChI=1S/C20H36/c1-8-9-10-11-12-20(7)17(6)16(5)18-14(3)13(2)15(4)19(18)20/h15-19H,8-12H2,1-7H3. The van der Waals surface area contributed by atoms with Gasteiger partial charge in [-0.15, -0.1) is 0 Å². The molecule has 1 saturated carbocycles. The van der Waals surface area contributed by atoms with Gasteiger partial charge in [0.1, 0.15) is 0 Å². The Balaban J connectivity index is 2.17. The minimum atomic E-state index is 0.566. The molecule has 0 radical (unpaired) electrons. The summed E-state index contributed by atoms with van der Waals surface area (Å²) < 4.78 is 0. The van der Waals surface area contributed by atoms with Gasteiger partial charge < -0.3 is 0 Å². The van der Waals surface area contributed by atoms with Gasteiger partial charge in [0.2, 0.25) is 0 Å². The Hall–Kier alpha value is -0.260. The fourth-order valence-electron chi connectivity index (χ4n) is 5.72. The van der Waals surface area contributed by atoms with E-state index in [1.54, 1.807) is 11.1 Å². The van der Waals surface area contributed by atoms with E-state index in [0.717, 1.165) is 29.6 Å². The Labute approximate surface area is 127 Å². The van der Waals surface area contributed by atoms with Gasteiger partial charge in [-0.25, -0.2) is 0 Å². The van der Waals surface area contributed by atoms with Crippen molar-refractivity contribution < 1.29 is 0 Å². The number of hydrogen-bond acceptors (Lipinski definition) is 0. The Morgan fingerprint density at radius 2 is 1.60 bits per heavy atom.